The lowest BCUT2D eigenvalue weighted by Gasteiger charge is -2.10. The first kappa shape index (κ1) is 10.6. The number of rotatable bonds is 4. The fourth-order valence-corrected chi connectivity index (χ4v) is 2.00. The maximum absolute atomic E-state index is 9.43. The molecule has 0 unspecified atom stereocenters. The Morgan fingerprint density at radius 2 is 2.08 bits per heavy atom. The van der Waals surface area contributed by atoms with E-state index < -0.39 is 6.10 Å². The molecular weight excluding hydrogens is 184 g/mol. The molecular formula is C10H14O2S. The van der Waals surface area contributed by atoms with E-state index in [1.807, 2.05) is 24.3 Å². The van der Waals surface area contributed by atoms with Crippen molar-refractivity contribution in [2.75, 3.05) is 12.4 Å². The van der Waals surface area contributed by atoms with Gasteiger partial charge >= 0.3 is 0 Å². The van der Waals surface area contributed by atoms with E-state index >= 15 is 0 Å². The molecule has 0 aliphatic rings. The maximum atomic E-state index is 9.43. The summed E-state index contributed by atoms with van der Waals surface area (Å²) in [6, 6.07) is 7.71. The van der Waals surface area contributed by atoms with Crippen LogP contribution in [0.25, 0.3) is 0 Å². The van der Waals surface area contributed by atoms with E-state index in [-0.39, 0.29) is 6.61 Å². The highest BCUT2D eigenvalue weighted by atomic mass is 32.2. The van der Waals surface area contributed by atoms with Gasteiger partial charge in [0.25, 0.3) is 0 Å². The van der Waals surface area contributed by atoms with Gasteiger partial charge in [0.2, 0.25) is 0 Å². The van der Waals surface area contributed by atoms with Crippen molar-refractivity contribution in [1.29, 1.82) is 0 Å². The van der Waals surface area contributed by atoms with Gasteiger partial charge in [-0.25, -0.2) is 0 Å². The lowest BCUT2D eigenvalue weighted by Crippen LogP contribution is -1.95. The molecule has 72 valence electrons. The normalized spacial score (nSPS) is 12.8. The van der Waals surface area contributed by atoms with Gasteiger partial charge in [0, 0.05) is 10.6 Å². The standard InChI is InChI=1S/C10H14O2S/c1-8(12)9-4-2-3-5-10(9)13-7-6-11/h2-5,8,11-12H,6-7H2,1H3/t8-/m0/s1. The number of benzene rings is 1. The zero-order valence-electron chi connectivity index (χ0n) is 7.60. The van der Waals surface area contributed by atoms with Crippen LogP contribution in [-0.4, -0.2) is 22.6 Å². The first-order chi connectivity index (χ1) is 6.25. The minimum absolute atomic E-state index is 0.165. The van der Waals surface area contributed by atoms with Crippen LogP contribution in [0.15, 0.2) is 29.2 Å². The zero-order chi connectivity index (χ0) is 9.68. The van der Waals surface area contributed by atoms with E-state index in [0.29, 0.717) is 5.75 Å². The van der Waals surface area contributed by atoms with Gasteiger partial charge in [-0.1, -0.05) is 18.2 Å². The lowest BCUT2D eigenvalue weighted by molar-refractivity contribution is 0.196. The molecule has 0 saturated heterocycles. The van der Waals surface area contributed by atoms with E-state index in [2.05, 4.69) is 0 Å². The molecule has 3 heteroatoms. The third kappa shape index (κ3) is 3.03. The molecule has 0 aromatic heterocycles. The summed E-state index contributed by atoms with van der Waals surface area (Å²) in [4.78, 5) is 1.05. The smallest absolute Gasteiger partial charge is 0.0772 e. The number of hydrogen-bond acceptors (Lipinski definition) is 3. The Balaban J connectivity index is 2.78. The van der Waals surface area contributed by atoms with Crippen molar-refractivity contribution in [3.63, 3.8) is 0 Å². The summed E-state index contributed by atoms with van der Waals surface area (Å²) in [6.45, 7) is 1.91. The van der Waals surface area contributed by atoms with Gasteiger partial charge in [-0.2, -0.15) is 0 Å². The fourth-order valence-electron chi connectivity index (χ4n) is 1.11. The van der Waals surface area contributed by atoms with Gasteiger partial charge in [0.1, 0.15) is 0 Å². The first-order valence-electron chi connectivity index (χ1n) is 4.26. The Bertz CT molecular complexity index is 261. The average molecular weight is 198 g/mol. The Morgan fingerprint density at radius 3 is 2.69 bits per heavy atom. The molecule has 13 heavy (non-hydrogen) atoms. The van der Waals surface area contributed by atoms with Gasteiger partial charge in [-0.15, -0.1) is 11.8 Å². The van der Waals surface area contributed by atoms with Crippen molar-refractivity contribution in [3.8, 4) is 0 Å². The van der Waals surface area contributed by atoms with E-state index in [0.717, 1.165) is 10.5 Å². The summed E-state index contributed by atoms with van der Waals surface area (Å²) in [7, 11) is 0. The quantitative estimate of drug-likeness (QED) is 0.725. The van der Waals surface area contributed by atoms with Crippen LogP contribution in [-0.2, 0) is 0 Å². The number of aliphatic hydroxyl groups is 2. The molecule has 0 saturated carbocycles. The third-order valence-electron chi connectivity index (χ3n) is 1.72. The summed E-state index contributed by atoms with van der Waals surface area (Å²) < 4.78 is 0. The highest BCUT2D eigenvalue weighted by molar-refractivity contribution is 7.99. The molecule has 0 aliphatic carbocycles. The molecule has 1 rings (SSSR count). The largest absolute Gasteiger partial charge is 0.396 e. The van der Waals surface area contributed by atoms with Crippen molar-refractivity contribution >= 4 is 11.8 Å². The molecule has 0 heterocycles. The van der Waals surface area contributed by atoms with Crippen LogP contribution in [0.3, 0.4) is 0 Å². The Morgan fingerprint density at radius 1 is 1.38 bits per heavy atom. The minimum atomic E-state index is -0.442. The van der Waals surface area contributed by atoms with Gasteiger partial charge in [0.15, 0.2) is 0 Å². The molecule has 1 aromatic carbocycles. The molecule has 0 amide bonds. The van der Waals surface area contributed by atoms with Crippen LogP contribution in [0.4, 0.5) is 0 Å². The van der Waals surface area contributed by atoms with Crippen LogP contribution >= 0.6 is 11.8 Å². The third-order valence-corrected chi connectivity index (χ3v) is 2.79. The molecule has 0 aliphatic heterocycles. The molecule has 2 N–H and O–H groups in total. The van der Waals surface area contributed by atoms with Crippen LogP contribution in [0, 0.1) is 0 Å². The van der Waals surface area contributed by atoms with Gasteiger partial charge in [0.05, 0.1) is 12.7 Å². The van der Waals surface area contributed by atoms with E-state index in [4.69, 9.17) is 5.11 Å². The Labute approximate surface area is 82.6 Å². The predicted octanol–water partition coefficient (Wildman–Crippen LogP) is 1.82. The predicted molar refractivity (Wildman–Crippen MR) is 54.9 cm³/mol. The Kier molecular flexibility index (Phi) is 4.28. The van der Waals surface area contributed by atoms with Gasteiger partial charge < -0.3 is 10.2 Å². The molecule has 0 bridgehead atoms. The maximum Gasteiger partial charge on any atom is 0.0772 e. The highest BCUT2D eigenvalue weighted by Gasteiger charge is 2.06. The summed E-state index contributed by atoms with van der Waals surface area (Å²) in [6.07, 6.45) is -0.442. The molecule has 1 aromatic rings. The SMILES string of the molecule is C[C@H](O)c1ccccc1SCCO. The number of thioether (sulfide) groups is 1. The molecule has 1 atom stereocenters. The second kappa shape index (κ2) is 5.27. The highest BCUT2D eigenvalue weighted by Crippen LogP contribution is 2.26. The van der Waals surface area contributed by atoms with Crippen molar-refractivity contribution in [1.82, 2.24) is 0 Å². The summed E-state index contributed by atoms with van der Waals surface area (Å²) in [5, 5.41) is 18.1. The summed E-state index contributed by atoms with van der Waals surface area (Å²) in [5.41, 5.74) is 0.931. The topological polar surface area (TPSA) is 40.5 Å². The fraction of sp³-hybridized carbons (Fsp3) is 0.400. The van der Waals surface area contributed by atoms with Crippen molar-refractivity contribution in [2.45, 2.75) is 17.9 Å². The van der Waals surface area contributed by atoms with Crippen LogP contribution < -0.4 is 0 Å². The molecule has 2 nitrogen and oxygen atoms in total. The lowest BCUT2D eigenvalue weighted by atomic mass is 10.1. The number of aliphatic hydroxyl groups excluding tert-OH is 2. The van der Waals surface area contributed by atoms with E-state index in [1.165, 1.54) is 0 Å². The zero-order valence-corrected chi connectivity index (χ0v) is 8.42. The van der Waals surface area contributed by atoms with Crippen molar-refractivity contribution in [3.05, 3.63) is 29.8 Å². The van der Waals surface area contributed by atoms with Crippen molar-refractivity contribution in [2.24, 2.45) is 0 Å². The van der Waals surface area contributed by atoms with Gasteiger partial charge in [-0.05, 0) is 18.6 Å². The van der Waals surface area contributed by atoms with Crippen molar-refractivity contribution < 1.29 is 10.2 Å². The van der Waals surface area contributed by atoms with Crippen LogP contribution in [0.1, 0.15) is 18.6 Å². The second-order valence-electron chi connectivity index (χ2n) is 2.79. The Hall–Kier alpha value is -0.510. The minimum Gasteiger partial charge on any atom is -0.396 e. The van der Waals surface area contributed by atoms with Gasteiger partial charge in [-0.3, -0.25) is 0 Å². The summed E-state index contributed by atoms with van der Waals surface area (Å²) >= 11 is 1.57. The van der Waals surface area contributed by atoms with Crippen LogP contribution in [0.2, 0.25) is 0 Å². The average Bonchev–Trinajstić information content (AvgIpc) is 2.15. The second-order valence-corrected chi connectivity index (χ2v) is 3.92. The molecule has 0 spiro atoms. The molecule has 0 fully saturated rings. The monoisotopic (exact) mass is 198 g/mol. The molecule has 0 radical (unpaired) electrons. The van der Waals surface area contributed by atoms with Crippen LogP contribution in [0.5, 0.6) is 0 Å². The number of hydrogen-bond donors (Lipinski definition) is 2. The first-order valence-corrected chi connectivity index (χ1v) is 5.25. The summed E-state index contributed by atoms with van der Waals surface area (Å²) in [5.74, 6) is 0.670. The van der Waals surface area contributed by atoms with E-state index in [1.54, 1.807) is 18.7 Å². The van der Waals surface area contributed by atoms with E-state index in [9.17, 15) is 5.11 Å².